The minimum Gasteiger partial charge on any atom is -0.299 e. The Morgan fingerprint density at radius 2 is 1.71 bits per heavy atom. The minimum absolute atomic E-state index is 0.114. The van der Waals surface area contributed by atoms with E-state index in [0.29, 0.717) is 0 Å². The number of halogens is 3. The molecule has 1 atom stereocenters. The fourth-order valence-corrected chi connectivity index (χ4v) is 1.80. The fourth-order valence-electron chi connectivity index (χ4n) is 1.80. The lowest BCUT2D eigenvalue weighted by Gasteiger charge is -2.27. The van der Waals surface area contributed by atoms with Crippen LogP contribution in [0, 0.1) is 5.41 Å². The van der Waals surface area contributed by atoms with Gasteiger partial charge in [0.25, 0.3) is 0 Å². The van der Waals surface area contributed by atoms with E-state index in [0.717, 1.165) is 5.56 Å². The largest absolute Gasteiger partial charge is 0.390 e. The van der Waals surface area contributed by atoms with E-state index in [1.807, 2.05) is 0 Å². The molecule has 0 saturated heterocycles. The first kappa shape index (κ1) is 13.7. The third-order valence-corrected chi connectivity index (χ3v) is 2.88. The zero-order chi connectivity index (χ0) is 13.1. The number of hydrogen-bond donors (Lipinski definition) is 0. The third kappa shape index (κ3) is 4.21. The molecule has 0 N–H and O–H groups in total. The highest BCUT2D eigenvalue weighted by molar-refractivity contribution is 5.82. The average molecular weight is 244 g/mol. The second-order valence-corrected chi connectivity index (χ2v) is 4.57. The van der Waals surface area contributed by atoms with Crippen LogP contribution in [-0.4, -0.2) is 12.0 Å². The number of alkyl halides is 3. The predicted molar refractivity (Wildman–Crippen MR) is 59.6 cm³/mol. The Kier molecular flexibility index (Phi) is 3.96. The molecular weight excluding hydrogens is 229 g/mol. The van der Waals surface area contributed by atoms with Crippen molar-refractivity contribution in [3.8, 4) is 0 Å². The standard InChI is InChI=1S/C13H15F3O/c1-10(17)12(2,9-13(14,15)16)8-11-6-4-3-5-7-11/h3-7H,8-9H2,1-2H3. The summed E-state index contributed by atoms with van der Waals surface area (Å²) in [6.45, 7) is 2.59. The number of benzene rings is 1. The summed E-state index contributed by atoms with van der Waals surface area (Å²) in [5.41, 5.74) is -0.631. The van der Waals surface area contributed by atoms with Gasteiger partial charge < -0.3 is 0 Å². The lowest BCUT2D eigenvalue weighted by atomic mass is 9.77. The maximum Gasteiger partial charge on any atom is 0.390 e. The molecule has 1 aromatic rings. The van der Waals surface area contributed by atoms with Crippen LogP contribution < -0.4 is 0 Å². The van der Waals surface area contributed by atoms with Crippen LogP contribution in [0.5, 0.6) is 0 Å². The number of rotatable bonds is 4. The van der Waals surface area contributed by atoms with Gasteiger partial charge in [0.15, 0.2) is 0 Å². The molecule has 0 heterocycles. The molecule has 0 aromatic heterocycles. The smallest absolute Gasteiger partial charge is 0.299 e. The molecule has 0 spiro atoms. The van der Waals surface area contributed by atoms with Gasteiger partial charge in [-0.3, -0.25) is 4.79 Å². The second-order valence-electron chi connectivity index (χ2n) is 4.57. The van der Waals surface area contributed by atoms with E-state index in [9.17, 15) is 18.0 Å². The first-order chi connectivity index (χ1) is 7.73. The van der Waals surface area contributed by atoms with Gasteiger partial charge in [-0.25, -0.2) is 0 Å². The van der Waals surface area contributed by atoms with Crippen LogP contribution in [0.4, 0.5) is 13.2 Å². The predicted octanol–water partition coefficient (Wildman–Crippen LogP) is 3.78. The van der Waals surface area contributed by atoms with Gasteiger partial charge in [0, 0.05) is 5.41 Å². The van der Waals surface area contributed by atoms with Crippen molar-refractivity contribution in [3.05, 3.63) is 35.9 Å². The summed E-state index contributed by atoms with van der Waals surface area (Å²) in [5.74, 6) is -0.432. The summed E-state index contributed by atoms with van der Waals surface area (Å²) in [6, 6.07) is 8.76. The average Bonchev–Trinajstić information content (AvgIpc) is 2.15. The molecule has 94 valence electrons. The van der Waals surface area contributed by atoms with E-state index in [-0.39, 0.29) is 6.42 Å². The van der Waals surface area contributed by atoms with Gasteiger partial charge in [0.05, 0.1) is 6.42 Å². The molecule has 0 bridgehead atoms. The van der Waals surface area contributed by atoms with Crippen molar-refractivity contribution >= 4 is 5.78 Å². The Bertz CT molecular complexity index is 383. The highest BCUT2D eigenvalue weighted by Gasteiger charge is 2.42. The van der Waals surface area contributed by atoms with Crippen molar-refractivity contribution in [2.24, 2.45) is 5.41 Å². The number of carbonyl (C=O) groups is 1. The number of hydrogen-bond acceptors (Lipinski definition) is 1. The SMILES string of the molecule is CC(=O)C(C)(Cc1ccccc1)CC(F)(F)F. The molecule has 1 aromatic carbocycles. The quantitative estimate of drug-likeness (QED) is 0.787. The van der Waals surface area contributed by atoms with Gasteiger partial charge in [-0.1, -0.05) is 37.3 Å². The van der Waals surface area contributed by atoms with Crippen LogP contribution in [0.15, 0.2) is 30.3 Å². The maximum absolute atomic E-state index is 12.5. The molecule has 1 rings (SSSR count). The van der Waals surface area contributed by atoms with Crippen LogP contribution in [0.25, 0.3) is 0 Å². The van der Waals surface area contributed by atoms with Gasteiger partial charge >= 0.3 is 6.18 Å². The van der Waals surface area contributed by atoms with Gasteiger partial charge in [-0.2, -0.15) is 13.2 Å². The monoisotopic (exact) mass is 244 g/mol. The molecular formula is C13H15F3O. The van der Waals surface area contributed by atoms with Crippen LogP contribution >= 0.6 is 0 Å². The Labute approximate surface area is 98.6 Å². The fraction of sp³-hybridized carbons (Fsp3) is 0.462. The summed E-state index contributed by atoms with van der Waals surface area (Å²) in [6.07, 6.45) is -5.29. The molecule has 0 amide bonds. The molecule has 0 radical (unpaired) electrons. The van der Waals surface area contributed by atoms with Crippen molar-refractivity contribution in [1.82, 2.24) is 0 Å². The number of carbonyl (C=O) groups excluding carboxylic acids is 1. The van der Waals surface area contributed by atoms with Crippen molar-refractivity contribution < 1.29 is 18.0 Å². The topological polar surface area (TPSA) is 17.1 Å². The van der Waals surface area contributed by atoms with Crippen molar-refractivity contribution in [2.45, 2.75) is 32.9 Å². The van der Waals surface area contributed by atoms with Gasteiger partial charge in [-0.15, -0.1) is 0 Å². The molecule has 0 aliphatic heterocycles. The Morgan fingerprint density at radius 3 is 2.12 bits per heavy atom. The summed E-state index contributed by atoms with van der Waals surface area (Å²) in [7, 11) is 0. The molecule has 17 heavy (non-hydrogen) atoms. The summed E-state index contributed by atoms with van der Waals surface area (Å²) in [5, 5.41) is 0. The molecule has 0 aliphatic carbocycles. The lowest BCUT2D eigenvalue weighted by molar-refractivity contribution is -0.164. The molecule has 0 saturated carbocycles. The minimum atomic E-state index is -4.32. The van der Waals surface area contributed by atoms with Gasteiger partial charge in [0.1, 0.15) is 5.78 Å². The molecule has 1 nitrogen and oxygen atoms in total. The number of Topliss-reactive ketones (excluding diaryl/α,β-unsaturated/α-hetero) is 1. The first-order valence-electron chi connectivity index (χ1n) is 5.35. The van der Waals surface area contributed by atoms with Crippen LogP contribution in [-0.2, 0) is 11.2 Å². The number of ketones is 1. The van der Waals surface area contributed by atoms with Crippen LogP contribution in [0.1, 0.15) is 25.8 Å². The van der Waals surface area contributed by atoms with E-state index in [1.54, 1.807) is 30.3 Å². The Hall–Kier alpha value is -1.32. The Balaban J connectivity index is 2.90. The second kappa shape index (κ2) is 4.90. The zero-order valence-corrected chi connectivity index (χ0v) is 9.84. The van der Waals surface area contributed by atoms with Crippen LogP contribution in [0.3, 0.4) is 0 Å². The Morgan fingerprint density at radius 1 is 1.18 bits per heavy atom. The maximum atomic E-state index is 12.5. The van der Waals surface area contributed by atoms with E-state index in [4.69, 9.17) is 0 Å². The summed E-state index contributed by atoms with van der Waals surface area (Å²) >= 11 is 0. The van der Waals surface area contributed by atoms with Crippen molar-refractivity contribution in [3.63, 3.8) is 0 Å². The van der Waals surface area contributed by atoms with Crippen LogP contribution in [0.2, 0.25) is 0 Å². The molecule has 1 unspecified atom stereocenters. The third-order valence-electron chi connectivity index (χ3n) is 2.88. The summed E-state index contributed by atoms with van der Waals surface area (Å²) in [4.78, 5) is 11.4. The van der Waals surface area contributed by atoms with Gasteiger partial charge in [-0.05, 0) is 18.9 Å². The highest BCUT2D eigenvalue weighted by atomic mass is 19.4. The summed E-state index contributed by atoms with van der Waals surface area (Å²) < 4.78 is 37.4. The zero-order valence-electron chi connectivity index (χ0n) is 9.84. The van der Waals surface area contributed by atoms with E-state index >= 15 is 0 Å². The van der Waals surface area contributed by atoms with Crippen molar-refractivity contribution in [1.29, 1.82) is 0 Å². The van der Waals surface area contributed by atoms with E-state index < -0.39 is 23.8 Å². The first-order valence-corrected chi connectivity index (χ1v) is 5.35. The molecule has 0 aliphatic rings. The highest BCUT2D eigenvalue weighted by Crippen LogP contribution is 2.36. The van der Waals surface area contributed by atoms with Gasteiger partial charge in [0.2, 0.25) is 0 Å². The van der Waals surface area contributed by atoms with E-state index in [1.165, 1.54) is 13.8 Å². The molecule has 4 heteroatoms. The van der Waals surface area contributed by atoms with Crippen molar-refractivity contribution in [2.75, 3.05) is 0 Å². The van der Waals surface area contributed by atoms with E-state index in [2.05, 4.69) is 0 Å². The normalized spacial score (nSPS) is 15.4. The lowest BCUT2D eigenvalue weighted by Crippen LogP contribution is -2.33. The molecule has 0 fully saturated rings.